The second-order valence-corrected chi connectivity index (χ2v) is 6.83. The number of methoxy groups -OCH3 is 2. The lowest BCUT2D eigenvalue weighted by atomic mass is 10.00. The maximum absolute atomic E-state index is 5.46. The number of hydrogen-bond donors (Lipinski definition) is 2. The number of benzene rings is 2. The molecule has 0 saturated heterocycles. The fourth-order valence-electron chi connectivity index (χ4n) is 3.47. The van der Waals surface area contributed by atoms with Crippen LogP contribution in [-0.4, -0.2) is 51.8 Å². The zero-order chi connectivity index (χ0) is 19.8. The average molecular weight is 510 g/mol. The number of nitrogens with zero attached hydrogens (tertiary/aromatic N) is 2. The van der Waals surface area contributed by atoms with Gasteiger partial charge in [0.05, 0.1) is 14.2 Å². The zero-order valence-electron chi connectivity index (χ0n) is 17.4. The van der Waals surface area contributed by atoms with E-state index in [1.54, 1.807) is 21.3 Å². The van der Waals surface area contributed by atoms with Gasteiger partial charge in [0.15, 0.2) is 5.96 Å². The van der Waals surface area contributed by atoms with Gasteiger partial charge in [0.2, 0.25) is 0 Å². The second-order valence-electron chi connectivity index (χ2n) is 6.83. The van der Waals surface area contributed by atoms with E-state index in [0.717, 1.165) is 55.6 Å². The Morgan fingerprint density at radius 2 is 1.86 bits per heavy atom. The van der Waals surface area contributed by atoms with Gasteiger partial charge < -0.3 is 20.1 Å². The third-order valence-electron chi connectivity index (χ3n) is 5.09. The SMILES string of the molecule is CN=C(NCCN1CCc2ccccc2C1)NCc1ccc(OC)cc1OC.I. The van der Waals surface area contributed by atoms with E-state index in [0.29, 0.717) is 6.54 Å². The lowest BCUT2D eigenvalue weighted by Crippen LogP contribution is -2.42. The highest BCUT2D eigenvalue weighted by molar-refractivity contribution is 14.0. The van der Waals surface area contributed by atoms with Gasteiger partial charge in [-0.2, -0.15) is 0 Å². The molecule has 2 aromatic carbocycles. The van der Waals surface area contributed by atoms with Gasteiger partial charge in [-0.05, 0) is 29.7 Å². The number of guanidine groups is 1. The fourth-order valence-corrected chi connectivity index (χ4v) is 3.47. The number of rotatable bonds is 7. The number of ether oxygens (including phenoxy) is 2. The predicted molar refractivity (Wildman–Crippen MR) is 129 cm³/mol. The minimum Gasteiger partial charge on any atom is -0.497 e. The lowest BCUT2D eigenvalue weighted by molar-refractivity contribution is 0.258. The summed E-state index contributed by atoms with van der Waals surface area (Å²) < 4.78 is 10.7. The van der Waals surface area contributed by atoms with Gasteiger partial charge in [-0.15, -0.1) is 24.0 Å². The Kier molecular flexibility index (Phi) is 9.53. The van der Waals surface area contributed by atoms with Crippen LogP contribution in [0.25, 0.3) is 0 Å². The van der Waals surface area contributed by atoms with Crippen molar-refractivity contribution in [3.63, 3.8) is 0 Å². The minimum atomic E-state index is 0. The maximum atomic E-state index is 5.46. The van der Waals surface area contributed by atoms with Crippen LogP contribution in [0.5, 0.6) is 11.5 Å². The first-order chi connectivity index (χ1) is 13.7. The van der Waals surface area contributed by atoms with E-state index >= 15 is 0 Å². The Labute approximate surface area is 190 Å². The molecule has 1 heterocycles. The van der Waals surface area contributed by atoms with Crippen molar-refractivity contribution in [2.75, 3.05) is 40.9 Å². The molecule has 3 rings (SSSR count). The Morgan fingerprint density at radius 3 is 2.59 bits per heavy atom. The molecular weight excluding hydrogens is 479 g/mol. The van der Waals surface area contributed by atoms with Crippen LogP contribution in [0.2, 0.25) is 0 Å². The van der Waals surface area contributed by atoms with Crippen LogP contribution < -0.4 is 20.1 Å². The van der Waals surface area contributed by atoms with Crippen LogP contribution in [0, 0.1) is 0 Å². The van der Waals surface area contributed by atoms with Gasteiger partial charge in [0, 0.05) is 51.4 Å². The van der Waals surface area contributed by atoms with Crippen molar-refractivity contribution in [3.05, 3.63) is 59.2 Å². The van der Waals surface area contributed by atoms with Gasteiger partial charge >= 0.3 is 0 Å². The molecule has 2 N–H and O–H groups in total. The molecule has 6 nitrogen and oxygen atoms in total. The predicted octanol–water partition coefficient (Wildman–Crippen LogP) is 3.05. The summed E-state index contributed by atoms with van der Waals surface area (Å²) in [4.78, 5) is 6.80. The van der Waals surface area contributed by atoms with E-state index < -0.39 is 0 Å². The third kappa shape index (κ3) is 6.50. The van der Waals surface area contributed by atoms with Gasteiger partial charge in [0.25, 0.3) is 0 Å². The summed E-state index contributed by atoms with van der Waals surface area (Å²) in [5.74, 6) is 2.37. The molecule has 0 saturated carbocycles. The van der Waals surface area contributed by atoms with E-state index in [-0.39, 0.29) is 24.0 Å². The second kappa shape index (κ2) is 11.9. The zero-order valence-corrected chi connectivity index (χ0v) is 19.7. The van der Waals surface area contributed by atoms with Crippen molar-refractivity contribution < 1.29 is 9.47 Å². The average Bonchev–Trinajstić information content (AvgIpc) is 2.75. The number of hydrogen-bond acceptors (Lipinski definition) is 4. The minimum absolute atomic E-state index is 0. The van der Waals surface area contributed by atoms with Crippen LogP contribution in [0.15, 0.2) is 47.5 Å². The first kappa shape index (κ1) is 23.3. The van der Waals surface area contributed by atoms with E-state index in [4.69, 9.17) is 9.47 Å². The normalized spacial score (nSPS) is 13.8. The molecule has 0 fully saturated rings. The molecule has 0 atom stereocenters. The molecule has 0 aromatic heterocycles. The molecule has 7 heteroatoms. The van der Waals surface area contributed by atoms with Crippen LogP contribution in [0.3, 0.4) is 0 Å². The topological polar surface area (TPSA) is 58.1 Å². The van der Waals surface area contributed by atoms with Gasteiger partial charge in [-0.3, -0.25) is 9.89 Å². The summed E-state index contributed by atoms with van der Waals surface area (Å²) in [5.41, 5.74) is 3.99. The summed E-state index contributed by atoms with van der Waals surface area (Å²) in [6.45, 7) is 4.59. The molecule has 0 unspecified atom stereocenters. The molecular formula is C22H31IN4O2. The van der Waals surface area contributed by atoms with E-state index in [1.165, 1.54) is 11.1 Å². The first-order valence-corrected chi connectivity index (χ1v) is 9.68. The van der Waals surface area contributed by atoms with Crippen molar-refractivity contribution in [2.24, 2.45) is 4.99 Å². The van der Waals surface area contributed by atoms with Gasteiger partial charge in [0.1, 0.15) is 11.5 Å². The fraction of sp³-hybridized carbons (Fsp3) is 0.409. The molecule has 0 spiro atoms. The van der Waals surface area contributed by atoms with Crippen molar-refractivity contribution >= 4 is 29.9 Å². The summed E-state index contributed by atoms with van der Waals surface area (Å²) in [7, 11) is 5.11. The van der Waals surface area contributed by atoms with Crippen LogP contribution >= 0.6 is 24.0 Å². The summed E-state index contributed by atoms with van der Waals surface area (Å²) in [5, 5.41) is 6.75. The van der Waals surface area contributed by atoms with E-state index in [1.807, 2.05) is 18.2 Å². The van der Waals surface area contributed by atoms with Crippen molar-refractivity contribution in [3.8, 4) is 11.5 Å². The molecule has 0 aliphatic carbocycles. The Morgan fingerprint density at radius 1 is 1.07 bits per heavy atom. The maximum Gasteiger partial charge on any atom is 0.191 e. The molecule has 158 valence electrons. The number of halogens is 1. The molecule has 1 aliphatic rings. The summed E-state index contributed by atoms with van der Waals surface area (Å²) in [6, 6.07) is 14.6. The number of nitrogens with one attached hydrogen (secondary N) is 2. The van der Waals surface area contributed by atoms with Gasteiger partial charge in [-0.1, -0.05) is 24.3 Å². The quantitative estimate of drug-likeness (QED) is 0.341. The molecule has 1 aliphatic heterocycles. The third-order valence-corrected chi connectivity index (χ3v) is 5.09. The molecule has 2 aromatic rings. The summed E-state index contributed by atoms with van der Waals surface area (Å²) >= 11 is 0. The first-order valence-electron chi connectivity index (χ1n) is 9.68. The smallest absolute Gasteiger partial charge is 0.191 e. The molecule has 0 amide bonds. The van der Waals surface area contributed by atoms with Crippen molar-refractivity contribution in [1.29, 1.82) is 0 Å². The Hall–Kier alpha value is -2.00. The number of aliphatic imine (C=N–C) groups is 1. The molecule has 0 bridgehead atoms. The summed E-state index contributed by atoms with van der Waals surface area (Å²) in [6.07, 6.45) is 1.13. The van der Waals surface area contributed by atoms with Crippen LogP contribution in [0.4, 0.5) is 0 Å². The highest BCUT2D eigenvalue weighted by Gasteiger charge is 2.15. The lowest BCUT2D eigenvalue weighted by Gasteiger charge is -2.28. The number of fused-ring (bicyclic) bond motifs is 1. The van der Waals surface area contributed by atoms with Crippen LogP contribution in [-0.2, 0) is 19.5 Å². The Bertz CT molecular complexity index is 813. The highest BCUT2D eigenvalue weighted by Crippen LogP contribution is 2.24. The standard InChI is InChI=1S/C22H30N4O2.HI/c1-23-22(25-15-18-8-9-20(27-2)14-21(18)28-3)24-11-13-26-12-10-17-6-4-5-7-19(17)16-26;/h4-9,14H,10-13,15-16H2,1-3H3,(H2,23,24,25);1H. The highest BCUT2D eigenvalue weighted by atomic mass is 127. The van der Waals surface area contributed by atoms with Crippen molar-refractivity contribution in [1.82, 2.24) is 15.5 Å². The Balaban J connectivity index is 0.00000300. The molecule has 29 heavy (non-hydrogen) atoms. The monoisotopic (exact) mass is 510 g/mol. The van der Waals surface area contributed by atoms with Gasteiger partial charge in [-0.25, -0.2) is 0 Å². The molecule has 0 radical (unpaired) electrons. The van der Waals surface area contributed by atoms with Crippen LogP contribution in [0.1, 0.15) is 16.7 Å². The van der Waals surface area contributed by atoms with E-state index in [2.05, 4.69) is 44.8 Å². The van der Waals surface area contributed by atoms with Crippen molar-refractivity contribution in [2.45, 2.75) is 19.5 Å². The largest absolute Gasteiger partial charge is 0.497 e. The van der Waals surface area contributed by atoms with E-state index in [9.17, 15) is 0 Å².